The minimum absolute atomic E-state index is 0.431. The highest BCUT2D eigenvalue weighted by molar-refractivity contribution is 6.51. The minimum Gasteiger partial charge on any atom is -0.385 e. The van der Waals surface area contributed by atoms with E-state index in [0.717, 1.165) is 25.1 Å². The van der Waals surface area contributed by atoms with Crippen LogP contribution in [-0.4, -0.2) is 41.2 Å². The van der Waals surface area contributed by atoms with Crippen molar-refractivity contribution in [3.05, 3.63) is 30.3 Å². The van der Waals surface area contributed by atoms with Gasteiger partial charge in [-0.2, -0.15) is 0 Å². The van der Waals surface area contributed by atoms with Gasteiger partial charge >= 0.3 is 9.05 Å². The van der Waals surface area contributed by atoms with Crippen molar-refractivity contribution in [2.24, 2.45) is 0 Å². The van der Waals surface area contributed by atoms with Gasteiger partial charge in [0.15, 0.2) is 0 Å². The molecule has 0 aliphatic heterocycles. The summed E-state index contributed by atoms with van der Waals surface area (Å²) < 4.78 is 14.8. The first kappa shape index (κ1) is 15.1. The summed E-state index contributed by atoms with van der Waals surface area (Å²) in [6, 6.07) is 10.0. The molecule has 0 amide bonds. The monoisotopic (exact) mass is 271 g/mol. The van der Waals surface area contributed by atoms with Crippen LogP contribution in [0.25, 0.3) is 0 Å². The Labute approximate surface area is 109 Å². The molecule has 0 saturated carbocycles. The maximum absolute atomic E-state index is 9.62. The van der Waals surface area contributed by atoms with E-state index in [4.69, 9.17) is 13.3 Å². The predicted molar refractivity (Wildman–Crippen MR) is 72.1 cm³/mol. The third kappa shape index (κ3) is 5.61. The third-order valence-electron chi connectivity index (χ3n) is 2.47. The summed E-state index contributed by atoms with van der Waals surface area (Å²) in [7, 11) is -0.579. The Morgan fingerprint density at radius 3 is 2.39 bits per heavy atom. The lowest BCUT2D eigenvalue weighted by molar-refractivity contribution is 0.0224. The predicted octanol–water partition coefficient (Wildman–Crippen LogP) is 1.62. The van der Waals surface area contributed by atoms with Crippen LogP contribution in [0.4, 0.5) is 5.69 Å². The zero-order chi connectivity index (χ0) is 13.3. The molecule has 0 aromatic heterocycles. The molecule has 1 aromatic rings. The molecule has 0 saturated heterocycles. The average molecular weight is 271 g/mol. The Kier molecular flexibility index (Phi) is 6.92. The molecule has 102 valence electrons. The molecule has 5 nitrogen and oxygen atoms in total. The minimum atomic E-state index is -3.34. The van der Waals surface area contributed by atoms with Crippen LogP contribution in [-0.2, 0) is 13.3 Å². The lowest BCUT2D eigenvalue weighted by atomic mass is 10.3. The van der Waals surface area contributed by atoms with Crippen LogP contribution in [0.1, 0.15) is 12.8 Å². The lowest BCUT2D eigenvalue weighted by Gasteiger charge is -2.18. The van der Waals surface area contributed by atoms with Gasteiger partial charge < -0.3 is 23.4 Å². The van der Waals surface area contributed by atoms with E-state index in [9.17, 15) is 4.80 Å². The molecule has 0 atom stereocenters. The number of hydrogen-bond donors (Lipinski definition) is 2. The van der Waals surface area contributed by atoms with Crippen LogP contribution < -0.4 is 5.32 Å². The zero-order valence-electron chi connectivity index (χ0n) is 10.9. The fraction of sp³-hybridized carbons (Fsp3) is 0.500. The SMILES string of the molecule is CO[Si](O)(OC)OCCCCNc1ccccc1. The molecule has 1 aromatic carbocycles. The van der Waals surface area contributed by atoms with Crippen molar-refractivity contribution >= 4 is 14.7 Å². The summed E-state index contributed by atoms with van der Waals surface area (Å²) in [6.45, 7) is 1.30. The number of benzene rings is 1. The van der Waals surface area contributed by atoms with Gasteiger partial charge in [-0.25, -0.2) is 0 Å². The number of unbranched alkanes of at least 4 members (excludes halogenated alkanes) is 1. The molecular formula is C12H21NO4Si. The van der Waals surface area contributed by atoms with Gasteiger partial charge in [0.1, 0.15) is 0 Å². The molecule has 0 fully saturated rings. The van der Waals surface area contributed by atoms with E-state index >= 15 is 0 Å². The Hall–Kier alpha value is -0.923. The molecule has 0 aliphatic carbocycles. The number of para-hydroxylation sites is 1. The van der Waals surface area contributed by atoms with Crippen LogP contribution in [0.5, 0.6) is 0 Å². The fourth-order valence-electron chi connectivity index (χ4n) is 1.42. The van der Waals surface area contributed by atoms with Gasteiger partial charge in [0.2, 0.25) is 0 Å². The van der Waals surface area contributed by atoms with Crippen molar-refractivity contribution in [1.29, 1.82) is 0 Å². The van der Waals surface area contributed by atoms with Gasteiger partial charge in [0.05, 0.1) is 0 Å². The van der Waals surface area contributed by atoms with Crippen LogP contribution in [0.2, 0.25) is 0 Å². The number of hydrogen-bond acceptors (Lipinski definition) is 5. The summed E-state index contributed by atoms with van der Waals surface area (Å²) in [5.41, 5.74) is 1.11. The van der Waals surface area contributed by atoms with E-state index in [0.29, 0.717) is 6.61 Å². The highest BCUT2D eigenvalue weighted by Crippen LogP contribution is 2.06. The molecule has 0 heterocycles. The van der Waals surface area contributed by atoms with Crippen molar-refractivity contribution in [2.45, 2.75) is 12.8 Å². The number of nitrogens with one attached hydrogen (secondary N) is 1. The molecule has 2 N–H and O–H groups in total. The van der Waals surface area contributed by atoms with E-state index in [2.05, 4.69) is 5.32 Å². The van der Waals surface area contributed by atoms with E-state index in [1.165, 1.54) is 14.2 Å². The summed E-state index contributed by atoms with van der Waals surface area (Å²) >= 11 is 0. The smallest absolute Gasteiger partial charge is 0.385 e. The van der Waals surface area contributed by atoms with Crippen LogP contribution >= 0.6 is 0 Å². The molecule has 0 radical (unpaired) electrons. The van der Waals surface area contributed by atoms with Crippen molar-refractivity contribution in [2.75, 3.05) is 32.7 Å². The summed E-state index contributed by atoms with van der Waals surface area (Å²) in [5.74, 6) is 0. The quantitative estimate of drug-likeness (QED) is 0.528. The van der Waals surface area contributed by atoms with Gasteiger partial charge in [0, 0.05) is 33.1 Å². The van der Waals surface area contributed by atoms with Crippen LogP contribution in [0, 0.1) is 0 Å². The molecule has 0 aliphatic rings. The maximum atomic E-state index is 9.62. The summed E-state index contributed by atoms with van der Waals surface area (Å²) in [5, 5.41) is 3.30. The number of anilines is 1. The summed E-state index contributed by atoms with van der Waals surface area (Å²) in [6.07, 6.45) is 1.79. The van der Waals surface area contributed by atoms with E-state index in [1.54, 1.807) is 0 Å². The Bertz CT molecular complexity index is 319. The second kappa shape index (κ2) is 8.23. The van der Waals surface area contributed by atoms with E-state index in [-0.39, 0.29) is 0 Å². The first-order valence-corrected chi connectivity index (χ1v) is 7.63. The lowest BCUT2D eigenvalue weighted by Crippen LogP contribution is -2.44. The van der Waals surface area contributed by atoms with Crippen molar-refractivity contribution < 1.29 is 18.1 Å². The standard InChI is InChI=1S/C12H21NO4Si/c1-15-18(14,16-2)17-11-7-6-10-13-12-8-4-3-5-9-12/h3-5,8-9,13-14H,6-7,10-11H2,1-2H3. The summed E-state index contributed by atoms with van der Waals surface area (Å²) in [4.78, 5) is 9.62. The van der Waals surface area contributed by atoms with Crippen LogP contribution in [0.15, 0.2) is 30.3 Å². The zero-order valence-corrected chi connectivity index (χ0v) is 11.9. The Morgan fingerprint density at radius 1 is 1.11 bits per heavy atom. The van der Waals surface area contributed by atoms with Gasteiger partial charge in [-0.15, -0.1) is 0 Å². The fourth-order valence-corrected chi connectivity index (χ4v) is 2.22. The van der Waals surface area contributed by atoms with E-state index < -0.39 is 9.05 Å². The van der Waals surface area contributed by atoms with Crippen molar-refractivity contribution in [3.8, 4) is 0 Å². The molecule has 18 heavy (non-hydrogen) atoms. The van der Waals surface area contributed by atoms with E-state index in [1.807, 2.05) is 30.3 Å². The first-order chi connectivity index (χ1) is 8.70. The van der Waals surface area contributed by atoms with Gasteiger partial charge in [-0.05, 0) is 25.0 Å². The molecule has 0 unspecified atom stereocenters. The normalized spacial score (nSPS) is 11.5. The third-order valence-corrected chi connectivity index (χ3v) is 4.08. The topological polar surface area (TPSA) is 60.0 Å². The second-order valence-electron chi connectivity index (χ2n) is 3.78. The number of rotatable bonds is 9. The maximum Gasteiger partial charge on any atom is 0.676 e. The van der Waals surface area contributed by atoms with Crippen LogP contribution in [0.3, 0.4) is 0 Å². The molecule has 0 bridgehead atoms. The Morgan fingerprint density at radius 2 is 1.78 bits per heavy atom. The molecule has 0 spiro atoms. The van der Waals surface area contributed by atoms with Gasteiger partial charge in [0.25, 0.3) is 0 Å². The van der Waals surface area contributed by atoms with Crippen molar-refractivity contribution in [1.82, 2.24) is 0 Å². The molecular weight excluding hydrogens is 250 g/mol. The van der Waals surface area contributed by atoms with Gasteiger partial charge in [-0.1, -0.05) is 18.2 Å². The highest BCUT2D eigenvalue weighted by atomic mass is 28.4. The molecule has 6 heteroatoms. The molecule has 1 rings (SSSR count). The van der Waals surface area contributed by atoms with Crippen molar-refractivity contribution in [3.63, 3.8) is 0 Å². The van der Waals surface area contributed by atoms with Gasteiger partial charge in [-0.3, -0.25) is 0 Å². The highest BCUT2D eigenvalue weighted by Gasteiger charge is 2.38. The second-order valence-corrected chi connectivity index (χ2v) is 5.93. The Balaban J connectivity index is 2.06. The first-order valence-electron chi connectivity index (χ1n) is 5.96. The largest absolute Gasteiger partial charge is 0.676 e. The average Bonchev–Trinajstić information content (AvgIpc) is 2.43.